The molecule has 1 atom stereocenters. The van der Waals surface area contributed by atoms with Crippen molar-refractivity contribution in [3.8, 4) is 0 Å². The fourth-order valence-electron chi connectivity index (χ4n) is 2.99. The van der Waals surface area contributed by atoms with Gasteiger partial charge in [-0.2, -0.15) is 0 Å². The molecule has 1 aliphatic carbocycles. The Morgan fingerprint density at radius 3 is 2.12 bits per heavy atom. The van der Waals surface area contributed by atoms with E-state index >= 15 is 0 Å². The van der Waals surface area contributed by atoms with Crippen LogP contribution in [0, 0.1) is 17.3 Å². The second kappa shape index (κ2) is 5.85. The largest absolute Gasteiger partial charge is 0.468 e. The number of ether oxygens (including phenoxy) is 1. The molecule has 1 fully saturated rings. The van der Waals surface area contributed by atoms with Crippen LogP contribution in [0.25, 0.3) is 0 Å². The van der Waals surface area contributed by atoms with Gasteiger partial charge < -0.3 is 10.1 Å². The molecule has 0 saturated heterocycles. The minimum atomic E-state index is -0.124. The first kappa shape index (κ1) is 14.5. The minimum Gasteiger partial charge on any atom is -0.468 e. The summed E-state index contributed by atoms with van der Waals surface area (Å²) in [5.41, 5.74) is 0.394. The van der Waals surface area contributed by atoms with Gasteiger partial charge in [0, 0.05) is 0 Å². The fourth-order valence-corrected chi connectivity index (χ4v) is 2.99. The molecule has 1 N–H and O–H groups in total. The van der Waals surface area contributed by atoms with Crippen LogP contribution in [-0.4, -0.2) is 26.2 Å². The van der Waals surface area contributed by atoms with E-state index in [1.165, 1.54) is 20.0 Å². The normalized spacial score (nSPS) is 27.6. The quantitative estimate of drug-likeness (QED) is 0.772. The number of carbonyl (C=O) groups is 1. The van der Waals surface area contributed by atoms with Crippen molar-refractivity contribution in [1.82, 2.24) is 5.32 Å². The van der Waals surface area contributed by atoms with Crippen LogP contribution in [0.15, 0.2) is 0 Å². The lowest BCUT2D eigenvalue weighted by Gasteiger charge is -2.38. The molecule has 100 valence electrons. The molecule has 0 aromatic carbocycles. The van der Waals surface area contributed by atoms with Crippen LogP contribution in [-0.2, 0) is 9.53 Å². The summed E-state index contributed by atoms with van der Waals surface area (Å²) in [5.74, 6) is 1.10. The van der Waals surface area contributed by atoms with Crippen LogP contribution in [0.1, 0.15) is 46.5 Å². The molecule has 3 nitrogen and oxygen atoms in total. The molecule has 1 saturated carbocycles. The summed E-state index contributed by atoms with van der Waals surface area (Å²) in [4.78, 5) is 11.6. The zero-order valence-electron chi connectivity index (χ0n) is 11.9. The Morgan fingerprint density at radius 1 is 1.24 bits per heavy atom. The standard InChI is InChI=1S/C14H27NO2/c1-14(2,3)11-8-6-10(7-9-11)12(15-4)13(16)17-5/h10-12,15H,6-9H2,1-5H3. The molecule has 0 spiro atoms. The van der Waals surface area contributed by atoms with Crippen molar-refractivity contribution in [2.75, 3.05) is 14.2 Å². The Kier molecular flexibility index (Phi) is 4.99. The van der Waals surface area contributed by atoms with Gasteiger partial charge >= 0.3 is 5.97 Å². The number of hydrogen-bond acceptors (Lipinski definition) is 3. The Hall–Kier alpha value is -0.570. The van der Waals surface area contributed by atoms with Gasteiger partial charge in [0.05, 0.1) is 7.11 Å². The number of esters is 1. The maximum Gasteiger partial charge on any atom is 0.323 e. The van der Waals surface area contributed by atoms with Gasteiger partial charge in [0.15, 0.2) is 0 Å². The van der Waals surface area contributed by atoms with E-state index in [0.717, 1.165) is 18.8 Å². The Labute approximate surface area is 105 Å². The summed E-state index contributed by atoms with van der Waals surface area (Å²) in [6.45, 7) is 6.94. The SMILES string of the molecule is CNC(C(=O)OC)C1CCC(C(C)(C)C)CC1. The summed E-state index contributed by atoms with van der Waals surface area (Å²) in [7, 11) is 3.31. The summed E-state index contributed by atoms with van der Waals surface area (Å²) in [6, 6.07) is -0.124. The highest BCUT2D eigenvalue weighted by Gasteiger charge is 2.35. The number of likely N-dealkylation sites (N-methyl/N-ethyl adjacent to an activating group) is 1. The van der Waals surface area contributed by atoms with E-state index in [1.807, 2.05) is 7.05 Å². The molecule has 0 radical (unpaired) electrons. The first-order chi connectivity index (χ1) is 7.90. The molecule has 0 aliphatic heterocycles. The number of hydrogen-bond donors (Lipinski definition) is 1. The van der Waals surface area contributed by atoms with E-state index in [1.54, 1.807) is 0 Å². The van der Waals surface area contributed by atoms with Crippen LogP contribution in [0.2, 0.25) is 0 Å². The van der Waals surface area contributed by atoms with Crippen molar-refractivity contribution >= 4 is 5.97 Å². The smallest absolute Gasteiger partial charge is 0.323 e. The van der Waals surface area contributed by atoms with Crippen molar-refractivity contribution in [3.63, 3.8) is 0 Å². The van der Waals surface area contributed by atoms with Gasteiger partial charge in [-0.25, -0.2) is 0 Å². The van der Waals surface area contributed by atoms with Gasteiger partial charge in [-0.3, -0.25) is 4.79 Å². The molecule has 3 heteroatoms. The first-order valence-corrected chi connectivity index (χ1v) is 6.65. The van der Waals surface area contributed by atoms with Crippen LogP contribution in [0.3, 0.4) is 0 Å². The van der Waals surface area contributed by atoms with E-state index in [-0.39, 0.29) is 12.0 Å². The van der Waals surface area contributed by atoms with E-state index in [2.05, 4.69) is 26.1 Å². The molecule has 0 aromatic heterocycles. The Balaban J connectivity index is 2.53. The van der Waals surface area contributed by atoms with E-state index < -0.39 is 0 Å². The first-order valence-electron chi connectivity index (χ1n) is 6.65. The van der Waals surface area contributed by atoms with Gasteiger partial charge in [-0.15, -0.1) is 0 Å². The van der Waals surface area contributed by atoms with Gasteiger partial charge in [0.1, 0.15) is 6.04 Å². The van der Waals surface area contributed by atoms with Crippen LogP contribution < -0.4 is 5.32 Å². The molecule has 1 rings (SSSR count). The zero-order valence-corrected chi connectivity index (χ0v) is 11.9. The van der Waals surface area contributed by atoms with Crippen molar-refractivity contribution in [3.05, 3.63) is 0 Å². The van der Waals surface area contributed by atoms with E-state index in [9.17, 15) is 4.79 Å². The van der Waals surface area contributed by atoms with Crippen LogP contribution in [0.4, 0.5) is 0 Å². The average molecular weight is 241 g/mol. The summed E-state index contributed by atoms with van der Waals surface area (Å²) >= 11 is 0. The molecule has 1 aliphatic rings. The lowest BCUT2D eigenvalue weighted by atomic mass is 9.68. The predicted octanol–water partition coefficient (Wildman–Crippen LogP) is 2.60. The van der Waals surface area contributed by atoms with Gasteiger partial charge in [0.2, 0.25) is 0 Å². The van der Waals surface area contributed by atoms with Crippen LogP contribution in [0.5, 0.6) is 0 Å². The van der Waals surface area contributed by atoms with Gasteiger partial charge in [0.25, 0.3) is 0 Å². The number of methoxy groups -OCH3 is 1. The number of rotatable bonds is 3. The van der Waals surface area contributed by atoms with Crippen molar-refractivity contribution in [2.45, 2.75) is 52.5 Å². The maximum atomic E-state index is 11.6. The second-order valence-electron chi connectivity index (χ2n) is 6.27. The fraction of sp³-hybridized carbons (Fsp3) is 0.929. The van der Waals surface area contributed by atoms with Gasteiger partial charge in [-0.1, -0.05) is 20.8 Å². The summed E-state index contributed by atoms with van der Waals surface area (Å²) in [5, 5.41) is 3.10. The highest BCUT2D eigenvalue weighted by Crippen LogP contribution is 2.40. The lowest BCUT2D eigenvalue weighted by Crippen LogP contribution is -2.43. The monoisotopic (exact) mass is 241 g/mol. The Morgan fingerprint density at radius 2 is 1.76 bits per heavy atom. The third-order valence-corrected chi connectivity index (χ3v) is 4.23. The third-order valence-electron chi connectivity index (χ3n) is 4.23. The van der Waals surface area contributed by atoms with Crippen molar-refractivity contribution < 1.29 is 9.53 Å². The molecule has 0 aromatic rings. The van der Waals surface area contributed by atoms with Crippen LogP contribution >= 0.6 is 0 Å². The molecule has 0 bridgehead atoms. The number of carbonyl (C=O) groups excluding carboxylic acids is 1. The summed E-state index contributed by atoms with van der Waals surface area (Å²) in [6.07, 6.45) is 4.71. The molecular formula is C14H27NO2. The highest BCUT2D eigenvalue weighted by molar-refractivity contribution is 5.76. The topological polar surface area (TPSA) is 38.3 Å². The molecule has 1 unspecified atom stereocenters. The molecule has 0 amide bonds. The van der Waals surface area contributed by atoms with Gasteiger partial charge in [-0.05, 0) is 50.0 Å². The molecular weight excluding hydrogens is 214 g/mol. The number of nitrogens with one attached hydrogen (secondary N) is 1. The second-order valence-corrected chi connectivity index (χ2v) is 6.27. The summed E-state index contributed by atoms with van der Waals surface area (Å²) < 4.78 is 4.85. The molecule has 17 heavy (non-hydrogen) atoms. The average Bonchev–Trinajstić information content (AvgIpc) is 2.29. The predicted molar refractivity (Wildman–Crippen MR) is 69.8 cm³/mol. The highest BCUT2D eigenvalue weighted by atomic mass is 16.5. The van der Waals surface area contributed by atoms with E-state index in [4.69, 9.17) is 4.74 Å². The maximum absolute atomic E-state index is 11.6. The zero-order chi connectivity index (χ0) is 13.1. The Bertz CT molecular complexity index is 249. The third kappa shape index (κ3) is 3.70. The molecule has 0 heterocycles. The van der Waals surface area contributed by atoms with E-state index in [0.29, 0.717) is 11.3 Å². The van der Waals surface area contributed by atoms with Crippen molar-refractivity contribution in [1.29, 1.82) is 0 Å². The lowest BCUT2D eigenvalue weighted by molar-refractivity contribution is -0.145. The van der Waals surface area contributed by atoms with Crippen molar-refractivity contribution in [2.24, 2.45) is 17.3 Å². The minimum absolute atomic E-state index is 0.119.